The van der Waals surface area contributed by atoms with Gasteiger partial charge >= 0.3 is 0 Å². The quantitative estimate of drug-likeness (QED) is 0.574. The lowest BCUT2D eigenvalue weighted by Gasteiger charge is -2.15. The van der Waals surface area contributed by atoms with Crippen LogP contribution in [0, 0.1) is 13.8 Å². The number of aryl methyl sites for hydroxylation is 4. The monoisotopic (exact) mass is 344 g/mol. The van der Waals surface area contributed by atoms with Crippen LogP contribution in [0.3, 0.4) is 0 Å². The highest BCUT2D eigenvalue weighted by atomic mass is 79.9. The third-order valence-corrected chi connectivity index (χ3v) is 5.19. The number of hydrogen-bond donors (Lipinski definition) is 0. The van der Waals surface area contributed by atoms with Crippen LogP contribution in [0.15, 0.2) is 36.4 Å². The first kappa shape index (κ1) is 16.3. The van der Waals surface area contributed by atoms with E-state index in [1.165, 1.54) is 33.4 Å². The molecule has 0 bridgehead atoms. The van der Waals surface area contributed by atoms with Crippen LogP contribution in [-0.2, 0) is 19.3 Å². The standard InChI is InChI=1S/C20H25Br/c1-5-17-9-10-19(13-18(17)6-2)20(21)12-16-8-7-14(3)15(4)11-16/h7-11,13,20H,5-6,12H2,1-4H3. The number of alkyl halides is 1. The van der Waals surface area contributed by atoms with Crippen LogP contribution in [0.5, 0.6) is 0 Å². The van der Waals surface area contributed by atoms with Gasteiger partial charge in [0.2, 0.25) is 0 Å². The van der Waals surface area contributed by atoms with Crippen molar-refractivity contribution in [1.29, 1.82) is 0 Å². The number of halogens is 1. The summed E-state index contributed by atoms with van der Waals surface area (Å²) in [6.45, 7) is 8.83. The summed E-state index contributed by atoms with van der Waals surface area (Å²) in [6, 6.07) is 13.7. The fraction of sp³-hybridized carbons (Fsp3) is 0.400. The van der Waals surface area contributed by atoms with Crippen LogP contribution in [0.2, 0.25) is 0 Å². The average Bonchev–Trinajstić information content (AvgIpc) is 2.50. The van der Waals surface area contributed by atoms with Gasteiger partial charge in [0.05, 0.1) is 0 Å². The maximum atomic E-state index is 3.88. The minimum absolute atomic E-state index is 0.385. The maximum Gasteiger partial charge on any atom is 0.0435 e. The Hall–Kier alpha value is -1.08. The summed E-state index contributed by atoms with van der Waals surface area (Å²) in [4.78, 5) is 0.385. The zero-order chi connectivity index (χ0) is 15.4. The minimum atomic E-state index is 0.385. The van der Waals surface area contributed by atoms with E-state index in [2.05, 4.69) is 80.0 Å². The first-order chi connectivity index (χ1) is 10.0. The Morgan fingerprint density at radius 2 is 1.57 bits per heavy atom. The molecule has 0 saturated heterocycles. The van der Waals surface area contributed by atoms with Gasteiger partial charge in [-0.25, -0.2) is 0 Å². The van der Waals surface area contributed by atoms with Gasteiger partial charge in [-0.3, -0.25) is 0 Å². The van der Waals surface area contributed by atoms with Crippen molar-refractivity contribution in [2.75, 3.05) is 0 Å². The fourth-order valence-corrected chi connectivity index (χ4v) is 3.43. The lowest BCUT2D eigenvalue weighted by molar-refractivity contribution is 0.931. The van der Waals surface area contributed by atoms with Crippen LogP contribution in [-0.4, -0.2) is 0 Å². The van der Waals surface area contributed by atoms with Gasteiger partial charge in [0, 0.05) is 4.83 Å². The number of benzene rings is 2. The third kappa shape index (κ3) is 3.97. The molecule has 0 nitrogen and oxygen atoms in total. The van der Waals surface area contributed by atoms with Crippen molar-refractivity contribution < 1.29 is 0 Å². The molecule has 112 valence electrons. The van der Waals surface area contributed by atoms with Crippen molar-refractivity contribution in [2.45, 2.75) is 51.8 Å². The highest BCUT2D eigenvalue weighted by Gasteiger charge is 2.11. The van der Waals surface area contributed by atoms with Crippen molar-refractivity contribution in [3.63, 3.8) is 0 Å². The Morgan fingerprint density at radius 3 is 2.19 bits per heavy atom. The van der Waals surface area contributed by atoms with Crippen molar-refractivity contribution in [2.24, 2.45) is 0 Å². The summed E-state index contributed by atoms with van der Waals surface area (Å²) in [7, 11) is 0. The Kier molecular flexibility index (Phi) is 5.64. The minimum Gasteiger partial charge on any atom is -0.0835 e. The molecular weight excluding hydrogens is 320 g/mol. The molecule has 0 heterocycles. The van der Waals surface area contributed by atoms with Crippen LogP contribution in [0.25, 0.3) is 0 Å². The van der Waals surface area contributed by atoms with Gasteiger partial charge in [0.1, 0.15) is 0 Å². The molecule has 0 N–H and O–H groups in total. The average molecular weight is 345 g/mol. The highest BCUT2D eigenvalue weighted by Crippen LogP contribution is 2.29. The summed E-state index contributed by atoms with van der Waals surface area (Å²) in [5.74, 6) is 0. The van der Waals surface area contributed by atoms with Crippen molar-refractivity contribution in [3.8, 4) is 0 Å². The SMILES string of the molecule is CCc1ccc(C(Br)Cc2ccc(C)c(C)c2)cc1CC. The molecule has 0 saturated carbocycles. The van der Waals surface area contributed by atoms with Crippen LogP contribution >= 0.6 is 15.9 Å². The molecular formula is C20H25Br. The molecule has 0 aliphatic rings. The summed E-state index contributed by atoms with van der Waals surface area (Å²) >= 11 is 3.88. The lowest BCUT2D eigenvalue weighted by atomic mass is 9.96. The van der Waals surface area contributed by atoms with Crippen LogP contribution in [0.1, 0.15) is 52.1 Å². The third-order valence-electron chi connectivity index (χ3n) is 4.34. The van der Waals surface area contributed by atoms with E-state index in [1.807, 2.05) is 0 Å². The largest absolute Gasteiger partial charge is 0.0835 e. The molecule has 2 rings (SSSR count). The van der Waals surface area contributed by atoms with E-state index in [9.17, 15) is 0 Å². The summed E-state index contributed by atoms with van der Waals surface area (Å²) in [5.41, 5.74) is 8.50. The molecule has 1 heteroatoms. The van der Waals surface area contributed by atoms with E-state index in [0.717, 1.165) is 19.3 Å². The van der Waals surface area contributed by atoms with E-state index in [4.69, 9.17) is 0 Å². The summed E-state index contributed by atoms with van der Waals surface area (Å²) < 4.78 is 0. The Bertz CT molecular complexity index is 613. The number of rotatable bonds is 5. The topological polar surface area (TPSA) is 0 Å². The zero-order valence-corrected chi connectivity index (χ0v) is 15.1. The maximum absolute atomic E-state index is 3.88. The fourth-order valence-electron chi connectivity index (χ4n) is 2.77. The number of hydrogen-bond acceptors (Lipinski definition) is 0. The first-order valence-electron chi connectivity index (χ1n) is 7.87. The van der Waals surface area contributed by atoms with E-state index in [1.54, 1.807) is 0 Å². The van der Waals surface area contributed by atoms with Crippen LogP contribution in [0.4, 0.5) is 0 Å². The molecule has 1 unspecified atom stereocenters. The Labute approximate surface area is 137 Å². The van der Waals surface area contributed by atoms with Gasteiger partial charge in [-0.15, -0.1) is 0 Å². The highest BCUT2D eigenvalue weighted by molar-refractivity contribution is 9.09. The van der Waals surface area contributed by atoms with Crippen molar-refractivity contribution in [1.82, 2.24) is 0 Å². The van der Waals surface area contributed by atoms with E-state index < -0.39 is 0 Å². The van der Waals surface area contributed by atoms with Gasteiger partial charge in [0.25, 0.3) is 0 Å². The predicted molar refractivity (Wildman–Crippen MR) is 96.5 cm³/mol. The van der Waals surface area contributed by atoms with E-state index in [-0.39, 0.29) is 0 Å². The van der Waals surface area contributed by atoms with Gasteiger partial charge in [-0.1, -0.05) is 66.2 Å². The zero-order valence-electron chi connectivity index (χ0n) is 13.5. The second-order valence-corrected chi connectivity index (χ2v) is 6.93. The van der Waals surface area contributed by atoms with Crippen molar-refractivity contribution in [3.05, 3.63) is 69.8 Å². The first-order valence-corrected chi connectivity index (χ1v) is 8.78. The van der Waals surface area contributed by atoms with Gasteiger partial charge in [0.15, 0.2) is 0 Å². The molecule has 2 aromatic rings. The molecule has 0 radical (unpaired) electrons. The molecule has 0 amide bonds. The molecule has 0 spiro atoms. The van der Waals surface area contributed by atoms with E-state index in [0.29, 0.717) is 4.83 Å². The smallest absolute Gasteiger partial charge is 0.0435 e. The van der Waals surface area contributed by atoms with Crippen molar-refractivity contribution >= 4 is 15.9 Å². The van der Waals surface area contributed by atoms with Crippen LogP contribution < -0.4 is 0 Å². The van der Waals surface area contributed by atoms with Gasteiger partial charge in [-0.2, -0.15) is 0 Å². The second-order valence-electron chi connectivity index (χ2n) is 5.83. The van der Waals surface area contributed by atoms with Gasteiger partial charge < -0.3 is 0 Å². The Morgan fingerprint density at radius 1 is 0.857 bits per heavy atom. The molecule has 0 fully saturated rings. The second kappa shape index (κ2) is 7.26. The van der Waals surface area contributed by atoms with E-state index >= 15 is 0 Å². The molecule has 21 heavy (non-hydrogen) atoms. The Balaban J connectivity index is 2.19. The normalized spacial score (nSPS) is 12.4. The van der Waals surface area contributed by atoms with Gasteiger partial charge in [-0.05, 0) is 66.5 Å². The molecule has 1 atom stereocenters. The summed E-state index contributed by atoms with van der Waals surface area (Å²) in [6.07, 6.45) is 3.27. The lowest BCUT2D eigenvalue weighted by Crippen LogP contribution is -1.99. The predicted octanol–water partition coefficient (Wildman–Crippen LogP) is 6.11. The molecule has 0 aromatic heterocycles. The summed E-state index contributed by atoms with van der Waals surface area (Å²) in [5, 5.41) is 0. The molecule has 0 aliphatic heterocycles. The molecule has 0 aliphatic carbocycles. The molecule has 2 aromatic carbocycles.